The molecule has 0 heterocycles. The second kappa shape index (κ2) is 15.7. The van der Waals surface area contributed by atoms with Crippen LogP contribution < -0.4 is 19.3 Å². The molecular formula is C26H30F2N2O10. The molecule has 2 aromatic carbocycles. The lowest BCUT2D eigenvalue weighted by Gasteiger charge is -2.25. The molecule has 0 spiro atoms. The van der Waals surface area contributed by atoms with Crippen molar-refractivity contribution in [3.05, 3.63) is 48.0 Å². The standard InChI is InChI=1S/C26H30F2N2O10/c1-35-23(31)13-29(14-24(32)36-2)19-7-5-17(27)11-21(19)39-9-10-40-22-12-18(28)6-8-20(22)30(15-25(33)37-3)16-26(34)38-4/h5-8,11-12H,9-10,13-16H2,1-4H3. The van der Waals surface area contributed by atoms with Gasteiger partial charge in [0.25, 0.3) is 0 Å². The van der Waals surface area contributed by atoms with Gasteiger partial charge in [-0.25, -0.2) is 8.78 Å². The van der Waals surface area contributed by atoms with Crippen molar-refractivity contribution in [3.63, 3.8) is 0 Å². The number of nitrogens with zero attached hydrogens (tertiary/aromatic N) is 2. The number of benzene rings is 2. The first kappa shape index (κ1) is 31.6. The van der Waals surface area contributed by atoms with Gasteiger partial charge in [-0.05, 0) is 24.3 Å². The molecule has 2 rings (SSSR count). The van der Waals surface area contributed by atoms with Crippen LogP contribution in [0.5, 0.6) is 11.5 Å². The molecule has 218 valence electrons. The van der Waals surface area contributed by atoms with Crippen LogP contribution in [0.15, 0.2) is 36.4 Å². The average Bonchev–Trinajstić information content (AvgIpc) is 2.94. The van der Waals surface area contributed by atoms with Gasteiger partial charge in [-0.3, -0.25) is 19.2 Å². The normalized spacial score (nSPS) is 10.2. The molecule has 0 aliphatic carbocycles. The Kier molecular flexibility index (Phi) is 12.4. The first-order valence-electron chi connectivity index (χ1n) is 11.7. The minimum absolute atomic E-state index is 0.0196. The van der Waals surface area contributed by atoms with E-state index in [1.807, 2.05) is 0 Å². The number of esters is 4. The van der Waals surface area contributed by atoms with E-state index in [9.17, 15) is 28.0 Å². The van der Waals surface area contributed by atoms with E-state index in [0.29, 0.717) is 0 Å². The summed E-state index contributed by atoms with van der Waals surface area (Å²) in [5, 5.41) is 0. The zero-order valence-corrected chi connectivity index (χ0v) is 22.4. The number of hydrogen-bond acceptors (Lipinski definition) is 12. The minimum Gasteiger partial charge on any atom is -0.488 e. The maximum Gasteiger partial charge on any atom is 0.325 e. The van der Waals surface area contributed by atoms with Crippen molar-refractivity contribution in [2.24, 2.45) is 0 Å². The molecule has 2 aromatic rings. The summed E-state index contributed by atoms with van der Waals surface area (Å²) in [6.45, 7) is -1.80. The zero-order chi connectivity index (χ0) is 29.7. The fourth-order valence-corrected chi connectivity index (χ4v) is 3.37. The van der Waals surface area contributed by atoms with Crippen molar-refractivity contribution >= 4 is 35.3 Å². The Labute approximate surface area is 229 Å². The fourth-order valence-electron chi connectivity index (χ4n) is 3.37. The van der Waals surface area contributed by atoms with E-state index in [4.69, 9.17) is 9.47 Å². The van der Waals surface area contributed by atoms with Gasteiger partial charge in [0.15, 0.2) is 0 Å². The molecule has 0 aromatic heterocycles. The summed E-state index contributed by atoms with van der Waals surface area (Å²) < 4.78 is 58.2. The predicted octanol–water partition coefficient (Wildman–Crippen LogP) is 1.73. The highest BCUT2D eigenvalue weighted by atomic mass is 19.1. The lowest BCUT2D eigenvalue weighted by molar-refractivity contribution is -0.141. The Hall–Kier alpha value is -4.62. The predicted molar refractivity (Wildman–Crippen MR) is 136 cm³/mol. The minimum atomic E-state index is -0.662. The molecule has 0 unspecified atom stereocenters. The Morgan fingerprint density at radius 2 is 0.875 bits per heavy atom. The monoisotopic (exact) mass is 568 g/mol. The van der Waals surface area contributed by atoms with Crippen molar-refractivity contribution in [1.29, 1.82) is 0 Å². The molecule has 0 aliphatic rings. The van der Waals surface area contributed by atoms with Gasteiger partial charge in [-0.1, -0.05) is 0 Å². The van der Waals surface area contributed by atoms with Gasteiger partial charge >= 0.3 is 23.9 Å². The van der Waals surface area contributed by atoms with Crippen LogP contribution in [0.1, 0.15) is 0 Å². The van der Waals surface area contributed by atoms with Gasteiger partial charge in [0.2, 0.25) is 0 Å². The maximum absolute atomic E-state index is 14.1. The number of methoxy groups -OCH3 is 4. The highest BCUT2D eigenvalue weighted by Crippen LogP contribution is 2.31. The van der Waals surface area contributed by atoms with Crippen LogP contribution in [0.25, 0.3) is 0 Å². The molecule has 0 atom stereocenters. The Morgan fingerprint density at radius 1 is 0.575 bits per heavy atom. The largest absolute Gasteiger partial charge is 0.488 e. The SMILES string of the molecule is COC(=O)CN(CC(=O)OC)c1ccc(F)cc1OCCOc1cc(F)ccc1N(CC(=O)OC)CC(=O)OC. The lowest BCUT2D eigenvalue weighted by atomic mass is 10.2. The molecule has 0 aliphatic heterocycles. The highest BCUT2D eigenvalue weighted by Gasteiger charge is 2.22. The van der Waals surface area contributed by atoms with Gasteiger partial charge in [0.1, 0.15) is 62.5 Å². The third kappa shape index (κ3) is 9.60. The summed E-state index contributed by atoms with van der Waals surface area (Å²) in [6.07, 6.45) is 0. The number of carbonyl (C=O) groups excluding carboxylic acids is 4. The third-order valence-corrected chi connectivity index (χ3v) is 5.31. The maximum atomic E-state index is 14.1. The van der Waals surface area contributed by atoms with E-state index < -0.39 is 35.5 Å². The third-order valence-electron chi connectivity index (χ3n) is 5.31. The molecule has 0 amide bonds. The summed E-state index contributed by atoms with van der Waals surface area (Å²) in [5.41, 5.74) is 0.400. The first-order valence-corrected chi connectivity index (χ1v) is 11.7. The Balaban J connectivity index is 2.23. The van der Waals surface area contributed by atoms with E-state index in [-0.39, 0.29) is 62.3 Å². The van der Waals surface area contributed by atoms with Crippen LogP contribution in [0, 0.1) is 11.6 Å². The van der Waals surface area contributed by atoms with Crippen molar-refractivity contribution < 1.29 is 56.4 Å². The number of anilines is 2. The second-order valence-corrected chi connectivity index (χ2v) is 7.94. The molecule has 0 saturated heterocycles. The van der Waals surface area contributed by atoms with E-state index in [1.54, 1.807) is 0 Å². The molecule has 40 heavy (non-hydrogen) atoms. The van der Waals surface area contributed by atoms with Gasteiger partial charge in [0, 0.05) is 12.1 Å². The molecule has 14 heteroatoms. The van der Waals surface area contributed by atoms with Crippen LogP contribution >= 0.6 is 0 Å². The van der Waals surface area contributed by atoms with Gasteiger partial charge in [-0.2, -0.15) is 0 Å². The lowest BCUT2D eigenvalue weighted by Crippen LogP contribution is -2.36. The van der Waals surface area contributed by atoms with Crippen LogP contribution in [0.4, 0.5) is 20.2 Å². The Morgan fingerprint density at radius 3 is 1.15 bits per heavy atom. The molecule has 0 radical (unpaired) electrons. The van der Waals surface area contributed by atoms with Crippen LogP contribution in [-0.2, 0) is 38.1 Å². The topological polar surface area (TPSA) is 130 Å². The molecule has 0 fully saturated rings. The molecule has 0 bridgehead atoms. The van der Waals surface area contributed by atoms with Crippen molar-refractivity contribution in [3.8, 4) is 11.5 Å². The number of ether oxygens (including phenoxy) is 6. The highest BCUT2D eigenvalue weighted by molar-refractivity contribution is 5.83. The fraction of sp³-hybridized carbons (Fsp3) is 0.385. The van der Waals surface area contributed by atoms with E-state index >= 15 is 0 Å². The van der Waals surface area contributed by atoms with Crippen molar-refractivity contribution in [2.45, 2.75) is 0 Å². The summed E-state index contributed by atoms with van der Waals surface area (Å²) in [7, 11) is 4.71. The van der Waals surface area contributed by atoms with Gasteiger partial charge in [-0.15, -0.1) is 0 Å². The number of hydrogen-bond donors (Lipinski definition) is 0. The summed E-state index contributed by atoms with van der Waals surface area (Å²) in [5.74, 6) is -3.99. The average molecular weight is 569 g/mol. The summed E-state index contributed by atoms with van der Waals surface area (Å²) >= 11 is 0. The second-order valence-electron chi connectivity index (χ2n) is 7.94. The van der Waals surface area contributed by atoms with Crippen LogP contribution in [0.2, 0.25) is 0 Å². The number of rotatable bonds is 15. The first-order chi connectivity index (χ1) is 19.1. The molecule has 0 N–H and O–H groups in total. The quantitative estimate of drug-likeness (QED) is 0.176. The van der Waals surface area contributed by atoms with Crippen LogP contribution in [-0.4, -0.2) is 91.7 Å². The van der Waals surface area contributed by atoms with E-state index in [0.717, 1.165) is 24.3 Å². The molecule has 12 nitrogen and oxygen atoms in total. The smallest absolute Gasteiger partial charge is 0.325 e. The summed E-state index contributed by atoms with van der Waals surface area (Å²) in [6, 6.07) is 6.99. The Bertz CT molecular complexity index is 1070. The van der Waals surface area contributed by atoms with Crippen molar-refractivity contribution in [2.75, 3.05) is 77.6 Å². The molecule has 0 saturated carbocycles. The summed E-state index contributed by atoms with van der Waals surface area (Å²) in [4.78, 5) is 50.2. The van der Waals surface area contributed by atoms with Gasteiger partial charge < -0.3 is 38.2 Å². The number of halogens is 2. The number of carbonyl (C=O) groups is 4. The van der Waals surface area contributed by atoms with Crippen molar-refractivity contribution in [1.82, 2.24) is 0 Å². The van der Waals surface area contributed by atoms with E-state index in [1.165, 1.54) is 50.4 Å². The van der Waals surface area contributed by atoms with E-state index in [2.05, 4.69) is 18.9 Å². The zero-order valence-electron chi connectivity index (χ0n) is 22.4. The van der Waals surface area contributed by atoms with Crippen LogP contribution in [0.3, 0.4) is 0 Å². The van der Waals surface area contributed by atoms with Gasteiger partial charge in [0.05, 0.1) is 39.8 Å². The molecular weight excluding hydrogens is 538 g/mol.